The van der Waals surface area contributed by atoms with Crippen molar-refractivity contribution in [2.75, 3.05) is 12.0 Å². The van der Waals surface area contributed by atoms with Crippen molar-refractivity contribution in [2.24, 2.45) is 5.92 Å². The Bertz CT molecular complexity index is 1460. The fourth-order valence-electron chi connectivity index (χ4n) is 4.89. The number of nitriles is 1. The van der Waals surface area contributed by atoms with Crippen LogP contribution >= 0.6 is 0 Å². The molecular weight excluding hydrogens is 532 g/mol. The van der Waals surface area contributed by atoms with Gasteiger partial charge in [0.25, 0.3) is 0 Å². The normalized spacial score (nSPS) is 17.0. The molecule has 0 bridgehead atoms. The average Bonchev–Trinajstić information content (AvgIpc) is 2.97. The van der Waals surface area contributed by atoms with Crippen molar-refractivity contribution in [3.63, 3.8) is 0 Å². The first-order valence-corrected chi connectivity index (χ1v) is 13.9. The van der Waals surface area contributed by atoms with E-state index >= 15 is 0 Å². The smallest absolute Gasteiger partial charge is 0.416 e. The molecular formula is C33H36N4O5. The minimum Gasteiger partial charge on any atom is -0.497 e. The van der Waals surface area contributed by atoms with Crippen molar-refractivity contribution in [1.29, 1.82) is 5.26 Å². The molecule has 3 aromatic rings. The number of pyridine rings is 1. The minimum atomic E-state index is -0.856. The van der Waals surface area contributed by atoms with Crippen LogP contribution in [0.5, 0.6) is 5.75 Å². The molecule has 4 rings (SSSR count). The van der Waals surface area contributed by atoms with Gasteiger partial charge in [0.2, 0.25) is 11.8 Å². The highest BCUT2D eigenvalue weighted by Crippen LogP contribution is 2.33. The Morgan fingerprint density at radius 2 is 1.76 bits per heavy atom. The predicted octanol–water partition coefficient (Wildman–Crippen LogP) is 5.65. The molecule has 1 aliphatic heterocycles. The predicted molar refractivity (Wildman–Crippen MR) is 158 cm³/mol. The highest BCUT2D eigenvalue weighted by atomic mass is 16.6. The Morgan fingerprint density at radius 3 is 2.38 bits per heavy atom. The molecule has 1 aromatic heterocycles. The number of hydrogen-bond donors (Lipinski definition) is 0. The van der Waals surface area contributed by atoms with E-state index in [0.29, 0.717) is 17.1 Å². The fourth-order valence-corrected chi connectivity index (χ4v) is 4.89. The second-order valence-electron chi connectivity index (χ2n) is 11.4. The largest absolute Gasteiger partial charge is 0.497 e. The van der Waals surface area contributed by atoms with E-state index in [-0.39, 0.29) is 37.1 Å². The number of imide groups is 1. The van der Waals surface area contributed by atoms with Gasteiger partial charge in [0, 0.05) is 12.6 Å². The van der Waals surface area contributed by atoms with Gasteiger partial charge in [-0.15, -0.1) is 0 Å². The van der Waals surface area contributed by atoms with Crippen LogP contribution < -0.4 is 9.64 Å². The number of hydrogen-bond acceptors (Lipinski definition) is 7. The Labute approximate surface area is 246 Å². The summed E-state index contributed by atoms with van der Waals surface area (Å²) in [6.45, 7) is 7.49. The summed E-state index contributed by atoms with van der Waals surface area (Å²) in [5, 5.41) is 9.86. The summed E-state index contributed by atoms with van der Waals surface area (Å²) in [6.07, 6.45) is 1.36. The van der Waals surface area contributed by atoms with Crippen LogP contribution in [0.3, 0.4) is 0 Å². The summed E-state index contributed by atoms with van der Waals surface area (Å²) in [4.78, 5) is 46.3. The van der Waals surface area contributed by atoms with E-state index < -0.39 is 23.7 Å². The van der Waals surface area contributed by atoms with Crippen LogP contribution in [0.15, 0.2) is 72.9 Å². The van der Waals surface area contributed by atoms with Crippen molar-refractivity contribution in [1.82, 2.24) is 9.88 Å². The monoisotopic (exact) mass is 568 g/mol. The molecule has 2 aromatic carbocycles. The lowest BCUT2D eigenvalue weighted by molar-refractivity contribution is -0.163. The van der Waals surface area contributed by atoms with Gasteiger partial charge in [-0.2, -0.15) is 5.26 Å². The molecule has 42 heavy (non-hydrogen) atoms. The minimum absolute atomic E-state index is 0.0859. The number of carbonyl (C=O) groups is 3. The molecule has 2 heterocycles. The summed E-state index contributed by atoms with van der Waals surface area (Å²) in [5.41, 5.74) is 1.83. The third-order valence-electron chi connectivity index (χ3n) is 7.12. The van der Waals surface area contributed by atoms with Crippen molar-refractivity contribution < 1.29 is 23.9 Å². The number of methoxy groups -OCH3 is 1. The van der Waals surface area contributed by atoms with Crippen molar-refractivity contribution in [3.05, 3.63) is 89.6 Å². The van der Waals surface area contributed by atoms with E-state index in [0.717, 1.165) is 16.0 Å². The molecule has 0 radical (unpaired) electrons. The Morgan fingerprint density at radius 1 is 1.07 bits per heavy atom. The number of carbonyl (C=O) groups excluding carboxylic acids is 3. The van der Waals surface area contributed by atoms with Crippen LogP contribution in [0, 0.1) is 17.2 Å². The molecule has 1 aliphatic rings. The van der Waals surface area contributed by atoms with Crippen LogP contribution in [0.4, 0.5) is 10.6 Å². The van der Waals surface area contributed by atoms with Gasteiger partial charge in [-0.1, -0.05) is 49.4 Å². The molecule has 0 spiro atoms. The highest BCUT2D eigenvalue weighted by Gasteiger charge is 2.50. The Hall–Kier alpha value is -4.71. The van der Waals surface area contributed by atoms with E-state index in [1.54, 1.807) is 46.2 Å². The van der Waals surface area contributed by atoms with Gasteiger partial charge in [0.15, 0.2) is 0 Å². The Balaban J connectivity index is 1.50. The first-order valence-electron chi connectivity index (χ1n) is 13.9. The highest BCUT2D eigenvalue weighted by molar-refractivity contribution is 6.03. The van der Waals surface area contributed by atoms with Crippen LogP contribution in [0.25, 0.3) is 0 Å². The first-order chi connectivity index (χ1) is 20.0. The number of amides is 3. The summed E-state index contributed by atoms with van der Waals surface area (Å²) in [7, 11) is 1.58. The molecule has 1 saturated heterocycles. The molecule has 9 nitrogen and oxygen atoms in total. The van der Waals surface area contributed by atoms with Crippen molar-refractivity contribution in [3.8, 4) is 11.8 Å². The van der Waals surface area contributed by atoms with Gasteiger partial charge in [-0.25, -0.2) is 9.78 Å². The fraction of sp³-hybridized carbons (Fsp3) is 0.364. The van der Waals surface area contributed by atoms with Crippen molar-refractivity contribution >= 4 is 23.7 Å². The number of ether oxygens (including phenoxy) is 2. The van der Waals surface area contributed by atoms with Crippen LogP contribution in [-0.4, -0.2) is 46.5 Å². The zero-order chi connectivity index (χ0) is 30.4. The van der Waals surface area contributed by atoms with Crippen molar-refractivity contribution in [2.45, 2.75) is 64.6 Å². The number of benzene rings is 2. The second-order valence-corrected chi connectivity index (χ2v) is 11.4. The van der Waals surface area contributed by atoms with Gasteiger partial charge < -0.3 is 9.47 Å². The molecule has 0 saturated carbocycles. The van der Waals surface area contributed by atoms with Crippen LogP contribution in [0.1, 0.15) is 56.7 Å². The lowest BCUT2D eigenvalue weighted by Gasteiger charge is -2.42. The third-order valence-corrected chi connectivity index (χ3v) is 7.12. The van der Waals surface area contributed by atoms with Gasteiger partial charge in [0.1, 0.15) is 23.2 Å². The first kappa shape index (κ1) is 30.3. The number of β-lactam (4-membered cyclic amide) rings is 1. The number of nitrogens with zero attached hydrogens (tertiary/aromatic N) is 4. The van der Waals surface area contributed by atoms with Gasteiger partial charge in [-0.05, 0) is 74.1 Å². The standard InChI is InChI=1S/C33H36N4O5/c1-22(25-9-7-6-8-10-25)17-30(38)37-28(20-34)27(31(37)39)18-24-15-16-35-29(19-24)36(32(40)42-33(2,3)4)21-23-11-13-26(41-5)14-12-23/h6-16,19,22,27-28H,17-18,21H2,1-5H3/t22-,27?,28+/m0/s1. The summed E-state index contributed by atoms with van der Waals surface area (Å²) < 4.78 is 10.9. The quantitative estimate of drug-likeness (QED) is 0.307. The van der Waals surface area contributed by atoms with Gasteiger partial charge in [0.05, 0.1) is 25.6 Å². The maximum absolute atomic E-state index is 13.2. The van der Waals surface area contributed by atoms with E-state index in [4.69, 9.17) is 9.47 Å². The summed E-state index contributed by atoms with van der Waals surface area (Å²) >= 11 is 0. The molecule has 9 heteroatoms. The number of anilines is 1. The zero-order valence-corrected chi connectivity index (χ0v) is 24.6. The third kappa shape index (κ3) is 7.13. The lowest BCUT2D eigenvalue weighted by atomic mass is 9.82. The van der Waals surface area contributed by atoms with Gasteiger partial charge >= 0.3 is 6.09 Å². The van der Waals surface area contributed by atoms with E-state index in [1.807, 2.05) is 61.5 Å². The topological polar surface area (TPSA) is 113 Å². The summed E-state index contributed by atoms with van der Waals surface area (Å²) in [6, 6.07) is 21.7. The van der Waals surface area contributed by atoms with E-state index in [1.165, 1.54) is 4.90 Å². The maximum atomic E-state index is 13.2. The van der Waals surface area contributed by atoms with Crippen LogP contribution in [0.2, 0.25) is 0 Å². The molecule has 218 valence electrons. The molecule has 0 N–H and O–H groups in total. The summed E-state index contributed by atoms with van der Waals surface area (Å²) in [5.74, 6) is -0.433. The van der Waals surface area contributed by atoms with Crippen LogP contribution in [-0.2, 0) is 27.3 Å². The number of aromatic nitrogens is 1. The Kier molecular flexibility index (Phi) is 9.26. The zero-order valence-electron chi connectivity index (χ0n) is 24.6. The van der Waals surface area contributed by atoms with Gasteiger partial charge in [-0.3, -0.25) is 19.4 Å². The molecule has 3 amide bonds. The molecule has 1 unspecified atom stereocenters. The SMILES string of the molecule is COc1ccc(CN(C(=O)OC(C)(C)C)c2cc(CC3C(=O)N(C(=O)C[C@H](C)c4ccccc4)[C@@H]3C#N)ccn2)cc1. The second kappa shape index (κ2) is 12.9. The molecule has 1 fully saturated rings. The van der Waals surface area contributed by atoms with E-state index in [2.05, 4.69) is 11.1 Å². The maximum Gasteiger partial charge on any atom is 0.416 e. The molecule has 0 aliphatic carbocycles. The number of rotatable bonds is 9. The number of likely N-dealkylation sites (tertiary alicyclic amines) is 1. The molecule has 3 atom stereocenters. The lowest BCUT2D eigenvalue weighted by Crippen LogP contribution is -2.63. The average molecular weight is 569 g/mol. The van der Waals surface area contributed by atoms with E-state index in [9.17, 15) is 19.6 Å².